The van der Waals surface area contributed by atoms with Gasteiger partial charge < -0.3 is 10.0 Å². The molecular formula is C25H33NO2. The average molecular weight is 380 g/mol. The van der Waals surface area contributed by atoms with E-state index in [1.165, 1.54) is 5.56 Å². The first-order chi connectivity index (χ1) is 13.5. The number of rotatable bonds is 10. The number of benzene rings is 2. The molecule has 28 heavy (non-hydrogen) atoms. The highest BCUT2D eigenvalue weighted by Gasteiger charge is 2.33. The van der Waals surface area contributed by atoms with Gasteiger partial charge in [0, 0.05) is 13.0 Å². The van der Waals surface area contributed by atoms with Gasteiger partial charge in [-0.2, -0.15) is 0 Å². The molecule has 0 unspecified atom stereocenters. The Morgan fingerprint density at radius 2 is 1.61 bits per heavy atom. The third-order valence-electron chi connectivity index (χ3n) is 5.61. The molecule has 3 nitrogen and oxygen atoms in total. The van der Waals surface area contributed by atoms with Crippen molar-refractivity contribution in [1.82, 2.24) is 4.90 Å². The molecule has 0 bridgehead atoms. The predicted molar refractivity (Wildman–Crippen MR) is 116 cm³/mol. The number of likely N-dealkylation sites (N-methyl/N-ethyl adjacent to an activating group) is 1. The van der Waals surface area contributed by atoms with Crippen molar-refractivity contribution in [1.29, 1.82) is 0 Å². The van der Waals surface area contributed by atoms with Gasteiger partial charge in [-0.3, -0.25) is 4.79 Å². The van der Waals surface area contributed by atoms with E-state index in [9.17, 15) is 9.90 Å². The Balaban J connectivity index is 2.25. The summed E-state index contributed by atoms with van der Waals surface area (Å²) in [6, 6.07) is 19.5. The third-order valence-corrected chi connectivity index (χ3v) is 5.61. The van der Waals surface area contributed by atoms with Crippen LogP contribution in [0.25, 0.3) is 0 Å². The second-order valence-electron chi connectivity index (χ2n) is 7.48. The largest absolute Gasteiger partial charge is 0.386 e. The lowest BCUT2D eigenvalue weighted by Gasteiger charge is -2.35. The molecule has 150 valence electrons. The van der Waals surface area contributed by atoms with Crippen molar-refractivity contribution < 1.29 is 9.90 Å². The van der Waals surface area contributed by atoms with Gasteiger partial charge in [0.05, 0.1) is 12.1 Å². The quantitative estimate of drug-likeness (QED) is 0.566. The van der Waals surface area contributed by atoms with Crippen LogP contribution in [-0.2, 0) is 4.79 Å². The molecule has 0 heterocycles. The molecule has 0 radical (unpaired) electrons. The standard InChI is InChI=1S/C25H33NO2/c1-5-13-22(20-15-9-7-10-16-20)23(14-6-2)25(28)26(4)19(3)24(27)21-17-11-8-12-18-21/h6-12,15-19,22-24,27H,2,5,13-14H2,1,3-4H3/t19-,22-,23-,24+/m0/s1. The Morgan fingerprint density at radius 1 is 1.07 bits per heavy atom. The maximum atomic E-state index is 13.5. The minimum Gasteiger partial charge on any atom is -0.386 e. The highest BCUT2D eigenvalue weighted by atomic mass is 16.3. The zero-order chi connectivity index (χ0) is 20.5. The summed E-state index contributed by atoms with van der Waals surface area (Å²) in [4.78, 5) is 15.2. The van der Waals surface area contributed by atoms with Gasteiger partial charge in [-0.15, -0.1) is 6.58 Å². The Morgan fingerprint density at radius 3 is 2.11 bits per heavy atom. The zero-order valence-electron chi connectivity index (χ0n) is 17.3. The summed E-state index contributed by atoms with van der Waals surface area (Å²) in [6.07, 6.45) is 3.68. The van der Waals surface area contributed by atoms with E-state index in [0.717, 1.165) is 18.4 Å². The van der Waals surface area contributed by atoms with Crippen LogP contribution in [0, 0.1) is 5.92 Å². The van der Waals surface area contributed by atoms with Gasteiger partial charge in [-0.05, 0) is 36.8 Å². The second-order valence-corrected chi connectivity index (χ2v) is 7.48. The summed E-state index contributed by atoms with van der Waals surface area (Å²) in [5.41, 5.74) is 2.01. The maximum Gasteiger partial charge on any atom is 0.226 e. The monoisotopic (exact) mass is 379 g/mol. The highest BCUT2D eigenvalue weighted by molar-refractivity contribution is 5.80. The maximum absolute atomic E-state index is 13.5. The molecule has 0 aliphatic carbocycles. The molecule has 0 aromatic heterocycles. The third kappa shape index (κ3) is 5.32. The lowest BCUT2D eigenvalue weighted by Crippen LogP contribution is -2.43. The number of allylic oxidation sites excluding steroid dienone is 1. The summed E-state index contributed by atoms with van der Waals surface area (Å²) < 4.78 is 0. The minimum absolute atomic E-state index is 0.0599. The van der Waals surface area contributed by atoms with Gasteiger partial charge in [0.15, 0.2) is 0 Å². The van der Waals surface area contributed by atoms with Gasteiger partial charge in [0.2, 0.25) is 5.91 Å². The van der Waals surface area contributed by atoms with Crippen molar-refractivity contribution in [3.8, 4) is 0 Å². The highest BCUT2D eigenvalue weighted by Crippen LogP contribution is 2.34. The fourth-order valence-electron chi connectivity index (χ4n) is 3.83. The van der Waals surface area contributed by atoms with Crippen LogP contribution in [0.2, 0.25) is 0 Å². The van der Waals surface area contributed by atoms with Gasteiger partial charge in [-0.25, -0.2) is 0 Å². The fourth-order valence-corrected chi connectivity index (χ4v) is 3.83. The molecular weight excluding hydrogens is 346 g/mol. The summed E-state index contributed by atoms with van der Waals surface area (Å²) in [7, 11) is 1.79. The van der Waals surface area contributed by atoms with Crippen LogP contribution in [0.3, 0.4) is 0 Å². The van der Waals surface area contributed by atoms with Crippen molar-refractivity contribution in [2.75, 3.05) is 7.05 Å². The van der Waals surface area contributed by atoms with Crippen LogP contribution in [0.4, 0.5) is 0 Å². The van der Waals surface area contributed by atoms with E-state index in [-0.39, 0.29) is 23.8 Å². The van der Waals surface area contributed by atoms with E-state index in [0.29, 0.717) is 6.42 Å². The number of carbonyl (C=O) groups is 1. The van der Waals surface area contributed by atoms with Crippen molar-refractivity contribution >= 4 is 5.91 Å². The fraction of sp³-hybridized carbons (Fsp3) is 0.400. The average Bonchev–Trinajstić information content (AvgIpc) is 2.75. The van der Waals surface area contributed by atoms with Crippen LogP contribution < -0.4 is 0 Å². The minimum atomic E-state index is -0.721. The van der Waals surface area contributed by atoms with E-state index in [1.54, 1.807) is 11.9 Å². The Bertz CT molecular complexity index is 729. The number of carbonyl (C=O) groups excluding carboxylic acids is 1. The number of nitrogens with zero attached hydrogens (tertiary/aromatic N) is 1. The summed E-state index contributed by atoms with van der Waals surface area (Å²) in [6.45, 7) is 7.94. The number of aliphatic hydroxyl groups excluding tert-OH is 1. The number of aliphatic hydroxyl groups is 1. The number of hydrogen-bond donors (Lipinski definition) is 1. The molecule has 2 aromatic carbocycles. The smallest absolute Gasteiger partial charge is 0.226 e. The lowest BCUT2D eigenvalue weighted by molar-refractivity contribution is -0.139. The zero-order valence-corrected chi connectivity index (χ0v) is 17.3. The molecule has 2 rings (SSSR count). The van der Waals surface area contributed by atoms with Crippen molar-refractivity contribution in [3.05, 3.63) is 84.4 Å². The number of hydrogen-bond acceptors (Lipinski definition) is 2. The lowest BCUT2D eigenvalue weighted by atomic mass is 9.80. The molecule has 0 aliphatic rings. The molecule has 1 N–H and O–H groups in total. The predicted octanol–water partition coefficient (Wildman–Crippen LogP) is 5.34. The summed E-state index contributed by atoms with van der Waals surface area (Å²) in [5.74, 6) is 0.0141. The topological polar surface area (TPSA) is 40.5 Å². The first-order valence-electron chi connectivity index (χ1n) is 10.2. The van der Waals surface area contributed by atoms with Crippen molar-refractivity contribution in [2.24, 2.45) is 5.92 Å². The SMILES string of the molecule is C=CC[C@H](C(=O)N(C)[C@@H](C)[C@@H](O)c1ccccc1)[C@@H](CCC)c1ccccc1. The van der Waals surface area contributed by atoms with Crippen LogP contribution in [0.15, 0.2) is 73.3 Å². The van der Waals surface area contributed by atoms with Gasteiger partial charge in [0.1, 0.15) is 0 Å². The van der Waals surface area contributed by atoms with Crippen molar-refractivity contribution in [3.63, 3.8) is 0 Å². The first-order valence-corrected chi connectivity index (χ1v) is 10.2. The molecule has 0 saturated carbocycles. The van der Waals surface area contributed by atoms with E-state index in [2.05, 4.69) is 25.6 Å². The summed E-state index contributed by atoms with van der Waals surface area (Å²) >= 11 is 0. The van der Waals surface area contributed by atoms with Crippen LogP contribution in [0.1, 0.15) is 56.3 Å². The second kappa shape index (κ2) is 10.8. The van der Waals surface area contributed by atoms with Gasteiger partial charge in [0.25, 0.3) is 0 Å². The number of amides is 1. The first kappa shape index (κ1) is 21.9. The van der Waals surface area contributed by atoms with Crippen LogP contribution in [-0.4, -0.2) is 29.0 Å². The van der Waals surface area contributed by atoms with E-state index in [1.807, 2.05) is 61.5 Å². The Hall–Kier alpha value is -2.39. The Labute approximate surface area is 169 Å². The van der Waals surface area contributed by atoms with E-state index >= 15 is 0 Å². The molecule has 0 spiro atoms. The van der Waals surface area contributed by atoms with E-state index in [4.69, 9.17) is 0 Å². The molecule has 2 aromatic rings. The molecule has 0 saturated heterocycles. The molecule has 1 amide bonds. The molecule has 3 heteroatoms. The molecule has 0 fully saturated rings. The summed E-state index contributed by atoms with van der Waals surface area (Å²) in [5, 5.41) is 10.8. The van der Waals surface area contributed by atoms with Crippen molar-refractivity contribution in [2.45, 2.75) is 51.2 Å². The normalized spacial score (nSPS) is 15.3. The van der Waals surface area contributed by atoms with Crippen LogP contribution in [0.5, 0.6) is 0 Å². The van der Waals surface area contributed by atoms with E-state index < -0.39 is 6.10 Å². The van der Waals surface area contributed by atoms with Crippen LogP contribution >= 0.6 is 0 Å². The van der Waals surface area contributed by atoms with Gasteiger partial charge in [-0.1, -0.05) is 80.1 Å². The van der Waals surface area contributed by atoms with Gasteiger partial charge >= 0.3 is 0 Å². The molecule has 4 atom stereocenters. The molecule has 0 aliphatic heterocycles. The Kier molecular flexibility index (Phi) is 8.46.